The highest BCUT2D eigenvalue weighted by Crippen LogP contribution is 2.21. The summed E-state index contributed by atoms with van der Waals surface area (Å²) in [5.41, 5.74) is 0.829. The number of para-hydroxylation sites is 1. The third kappa shape index (κ3) is 7.02. The van der Waals surface area contributed by atoms with Gasteiger partial charge in [-0.2, -0.15) is 0 Å². The summed E-state index contributed by atoms with van der Waals surface area (Å²) >= 11 is 0. The number of amides is 1. The molecular weight excluding hydrogens is 306 g/mol. The third-order valence-corrected chi connectivity index (χ3v) is 3.96. The molecule has 0 aliphatic heterocycles. The first kappa shape index (κ1) is 20.0. The van der Waals surface area contributed by atoms with Crippen LogP contribution in [0.3, 0.4) is 0 Å². The number of rotatable bonds is 10. The van der Waals surface area contributed by atoms with Gasteiger partial charge in [0.2, 0.25) is 5.91 Å². The number of carbonyl (C=O) groups is 2. The molecule has 0 saturated heterocycles. The lowest BCUT2D eigenvalue weighted by Gasteiger charge is -2.17. The number of nitrogens with one attached hydrogen (secondary N) is 1. The lowest BCUT2D eigenvalue weighted by Crippen LogP contribution is -2.34. The average Bonchev–Trinajstić information content (AvgIpc) is 2.50. The van der Waals surface area contributed by atoms with Gasteiger partial charge in [-0.15, -0.1) is 0 Å². The number of hydrogen-bond donors (Lipinski definition) is 2. The predicted octanol–water partition coefficient (Wildman–Crippen LogP) is 3.13. The van der Waals surface area contributed by atoms with Crippen LogP contribution in [-0.4, -0.2) is 30.6 Å². The minimum absolute atomic E-state index is 0.0885. The van der Waals surface area contributed by atoms with Crippen molar-refractivity contribution in [1.82, 2.24) is 5.32 Å². The van der Waals surface area contributed by atoms with E-state index in [4.69, 9.17) is 4.74 Å². The van der Waals surface area contributed by atoms with Crippen molar-refractivity contribution >= 4 is 11.9 Å². The summed E-state index contributed by atoms with van der Waals surface area (Å²) in [6.07, 6.45) is 1.73. The van der Waals surface area contributed by atoms with Crippen molar-refractivity contribution in [3.05, 3.63) is 29.8 Å². The molecular formula is C19H29NO4. The quantitative estimate of drug-likeness (QED) is 0.689. The Balaban J connectivity index is 2.58. The molecule has 0 saturated carbocycles. The molecule has 1 rings (SSSR count). The summed E-state index contributed by atoms with van der Waals surface area (Å²) in [7, 11) is 1.56. The molecule has 2 atom stereocenters. The number of carbonyl (C=O) groups excluding carboxylic acids is 1. The maximum Gasteiger partial charge on any atom is 0.308 e. The summed E-state index contributed by atoms with van der Waals surface area (Å²) in [5, 5.41) is 12.2. The smallest absolute Gasteiger partial charge is 0.308 e. The molecule has 0 aromatic heterocycles. The van der Waals surface area contributed by atoms with E-state index in [0.717, 1.165) is 12.0 Å². The van der Waals surface area contributed by atoms with Gasteiger partial charge in [0, 0.05) is 13.0 Å². The Bertz CT molecular complexity index is 542. The van der Waals surface area contributed by atoms with E-state index < -0.39 is 11.9 Å². The minimum Gasteiger partial charge on any atom is -0.496 e. The first-order valence-corrected chi connectivity index (χ1v) is 8.44. The summed E-state index contributed by atoms with van der Waals surface area (Å²) in [6.45, 7) is 6.42. The van der Waals surface area contributed by atoms with Crippen LogP contribution in [0.25, 0.3) is 0 Å². The van der Waals surface area contributed by atoms with Gasteiger partial charge in [0.05, 0.1) is 13.0 Å². The van der Waals surface area contributed by atoms with Crippen molar-refractivity contribution in [3.63, 3.8) is 0 Å². The van der Waals surface area contributed by atoms with E-state index in [2.05, 4.69) is 19.2 Å². The normalized spacial score (nSPS) is 13.4. The van der Waals surface area contributed by atoms with Gasteiger partial charge in [0.25, 0.3) is 0 Å². The Morgan fingerprint density at radius 1 is 1.21 bits per heavy atom. The molecule has 1 amide bonds. The molecule has 2 N–H and O–H groups in total. The van der Waals surface area contributed by atoms with E-state index in [1.165, 1.54) is 0 Å². The number of carboxylic acid groups (broad SMARTS) is 1. The first-order valence-electron chi connectivity index (χ1n) is 8.44. The second-order valence-corrected chi connectivity index (χ2v) is 6.79. The molecule has 0 radical (unpaired) electrons. The van der Waals surface area contributed by atoms with Crippen LogP contribution in [0.5, 0.6) is 5.75 Å². The molecule has 134 valence electrons. The van der Waals surface area contributed by atoms with E-state index in [-0.39, 0.29) is 12.5 Å². The zero-order valence-electron chi connectivity index (χ0n) is 15.0. The highest BCUT2D eigenvalue weighted by molar-refractivity contribution is 5.77. The van der Waals surface area contributed by atoms with Crippen LogP contribution in [0.2, 0.25) is 0 Å². The van der Waals surface area contributed by atoms with Crippen LogP contribution in [0, 0.1) is 17.8 Å². The van der Waals surface area contributed by atoms with Gasteiger partial charge in [0.15, 0.2) is 0 Å². The summed E-state index contributed by atoms with van der Waals surface area (Å²) in [6, 6.07) is 7.35. The molecule has 0 fully saturated rings. The Morgan fingerprint density at radius 3 is 2.46 bits per heavy atom. The van der Waals surface area contributed by atoms with Crippen molar-refractivity contribution in [2.24, 2.45) is 17.8 Å². The van der Waals surface area contributed by atoms with Gasteiger partial charge in [0.1, 0.15) is 5.75 Å². The fourth-order valence-corrected chi connectivity index (χ4v) is 2.90. The van der Waals surface area contributed by atoms with Crippen LogP contribution < -0.4 is 10.1 Å². The standard InChI is InChI=1S/C19H29NO4/c1-13(2)9-14(3)10-18(21)20-12-16(19(22)23)11-15-7-5-6-8-17(15)24-4/h5-8,13-14,16H,9-12H2,1-4H3,(H,20,21)(H,22,23). The monoisotopic (exact) mass is 335 g/mol. The number of carboxylic acids is 1. The van der Waals surface area contributed by atoms with Crippen LogP contribution in [0.1, 0.15) is 39.2 Å². The molecule has 0 aliphatic rings. The Kier molecular flexibility index (Phi) is 8.30. The predicted molar refractivity (Wildman–Crippen MR) is 94.1 cm³/mol. The second-order valence-electron chi connectivity index (χ2n) is 6.79. The van der Waals surface area contributed by atoms with E-state index in [9.17, 15) is 14.7 Å². The molecule has 2 unspecified atom stereocenters. The lowest BCUT2D eigenvalue weighted by atomic mass is 9.95. The maximum atomic E-state index is 12.0. The number of benzene rings is 1. The van der Waals surface area contributed by atoms with Gasteiger partial charge >= 0.3 is 5.97 Å². The number of ether oxygens (including phenoxy) is 1. The first-order chi connectivity index (χ1) is 11.3. The Morgan fingerprint density at radius 2 is 1.88 bits per heavy atom. The summed E-state index contributed by atoms with van der Waals surface area (Å²) in [4.78, 5) is 23.5. The van der Waals surface area contributed by atoms with Crippen LogP contribution in [0.15, 0.2) is 24.3 Å². The molecule has 0 aliphatic carbocycles. The van der Waals surface area contributed by atoms with Gasteiger partial charge in [-0.05, 0) is 36.3 Å². The van der Waals surface area contributed by atoms with Gasteiger partial charge in [-0.1, -0.05) is 39.0 Å². The summed E-state index contributed by atoms with van der Waals surface area (Å²) < 4.78 is 5.26. The maximum absolute atomic E-state index is 12.0. The van der Waals surface area contributed by atoms with Crippen LogP contribution in [-0.2, 0) is 16.0 Å². The minimum atomic E-state index is -0.920. The SMILES string of the molecule is COc1ccccc1CC(CNC(=O)CC(C)CC(C)C)C(=O)O. The number of aliphatic carboxylic acids is 1. The van der Waals surface area contributed by atoms with Crippen LogP contribution >= 0.6 is 0 Å². The fourth-order valence-electron chi connectivity index (χ4n) is 2.90. The Hall–Kier alpha value is -2.04. The van der Waals surface area contributed by atoms with E-state index >= 15 is 0 Å². The molecule has 1 aromatic rings. The van der Waals surface area contributed by atoms with Gasteiger partial charge in [-0.25, -0.2) is 0 Å². The van der Waals surface area contributed by atoms with Gasteiger partial charge in [-0.3, -0.25) is 9.59 Å². The molecule has 5 nitrogen and oxygen atoms in total. The van der Waals surface area contributed by atoms with Crippen molar-refractivity contribution in [2.75, 3.05) is 13.7 Å². The van der Waals surface area contributed by atoms with E-state index in [0.29, 0.717) is 30.4 Å². The number of methoxy groups -OCH3 is 1. The topological polar surface area (TPSA) is 75.6 Å². The zero-order chi connectivity index (χ0) is 18.1. The zero-order valence-corrected chi connectivity index (χ0v) is 15.0. The summed E-state index contributed by atoms with van der Waals surface area (Å²) in [5.74, 6) is -0.176. The van der Waals surface area contributed by atoms with Crippen molar-refractivity contribution < 1.29 is 19.4 Å². The lowest BCUT2D eigenvalue weighted by molar-refractivity contribution is -0.141. The van der Waals surface area contributed by atoms with Crippen molar-refractivity contribution in [2.45, 2.75) is 40.0 Å². The van der Waals surface area contributed by atoms with E-state index in [1.54, 1.807) is 13.2 Å². The Labute approximate surface area is 144 Å². The molecule has 0 spiro atoms. The highest BCUT2D eigenvalue weighted by Gasteiger charge is 2.21. The van der Waals surface area contributed by atoms with E-state index in [1.807, 2.05) is 25.1 Å². The molecule has 5 heteroatoms. The fraction of sp³-hybridized carbons (Fsp3) is 0.579. The molecule has 0 heterocycles. The molecule has 0 bridgehead atoms. The van der Waals surface area contributed by atoms with Crippen LogP contribution in [0.4, 0.5) is 0 Å². The number of hydrogen-bond acceptors (Lipinski definition) is 3. The highest BCUT2D eigenvalue weighted by atomic mass is 16.5. The second kappa shape index (κ2) is 9.96. The van der Waals surface area contributed by atoms with Crippen molar-refractivity contribution in [1.29, 1.82) is 0 Å². The van der Waals surface area contributed by atoms with Crippen molar-refractivity contribution in [3.8, 4) is 5.75 Å². The average molecular weight is 335 g/mol. The molecule has 1 aromatic carbocycles. The van der Waals surface area contributed by atoms with Gasteiger partial charge < -0.3 is 15.2 Å². The third-order valence-electron chi connectivity index (χ3n) is 3.96. The largest absolute Gasteiger partial charge is 0.496 e. The molecule has 24 heavy (non-hydrogen) atoms.